The Morgan fingerprint density at radius 2 is 1.94 bits per heavy atom. The molecular formula is C15H23NOS. The van der Waals surface area contributed by atoms with E-state index in [4.69, 9.17) is 10.5 Å². The maximum atomic E-state index is 5.97. The summed E-state index contributed by atoms with van der Waals surface area (Å²) in [5, 5.41) is 0.725. The van der Waals surface area contributed by atoms with Crippen molar-refractivity contribution >= 4 is 11.8 Å². The first kappa shape index (κ1) is 13.9. The minimum absolute atomic E-state index is 0.291. The zero-order chi connectivity index (χ0) is 12.8. The quantitative estimate of drug-likeness (QED) is 0.887. The minimum atomic E-state index is 0.291. The van der Waals surface area contributed by atoms with E-state index in [0.717, 1.165) is 31.3 Å². The van der Waals surface area contributed by atoms with Crippen molar-refractivity contribution in [2.75, 3.05) is 13.2 Å². The molecule has 1 aliphatic heterocycles. The second-order valence-electron chi connectivity index (χ2n) is 4.95. The van der Waals surface area contributed by atoms with Crippen LogP contribution >= 0.6 is 11.8 Å². The van der Waals surface area contributed by atoms with E-state index >= 15 is 0 Å². The average Bonchev–Trinajstić information content (AvgIpc) is 2.42. The molecule has 0 spiro atoms. The molecule has 2 nitrogen and oxygen atoms in total. The molecule has 1 unspecified atom stereocenters. The van der Waals surface area contributed by atoms with Crippen LogP contribution in [0.2, 0.25) is 0 Å². The third kappa shape index (κ3) is 4.30. The molecule has 1 atom stereocenters. The Hall–Kier alpha value is -0.510. The maximum Gasteiger partial charge on any atom is 0.0476 e. The van der Waals surface area contributed by atoms with Crippen LogP contribution in [0, 0.1) is 0 Å². The van der Waals surface area contributed by atoms with Gasteiger partial charge in [-0.15, -0.1) is 11.8 Å². The highest BCUT2D eigenvalue weighted by Gasteiger charge is 2.14. The fourth-order valence-electron chi connectivity index (χ4n) is 2.14. The van der Waals surface area contributed by atoms with E-state index in [1.54, 1.807) is 0 Å². The molecule has 0 aromatic heterocycles. The van der Waals surface area contributed by atoms with E-state index in [1.165, 1.54) is 23.3 Å². The van der Waals surface area contributed by atoms with Gasteiger partial charge in [-0.25, -0.2) is 0 Å². The molecule has 2 N–H and O–H groups in total. The topological polar surface area (TPSA) is 35.2 Å². The van der Waals surface area contributed by atoms with Crippen molar-refractivity contribution in [1.29, 1.82) is 0 Å². The summed E-state index contributed by atoms with van der Waals surface area (Å²) >= 11 is 1.99. The molecule has 1 heterocycles. The second-order valence-corrected chi connectivity index (χ2v) is 6.32. The van der Waals surface area contributed by atoms with Gasteiger partial charge in [0.25, 0.3) is 0 Å². The largest absolute Gasteiger partial charge is 0.381 e. The summed E-state index contributed by atoms with van der Waals surface area (Å²) in [6.07, 6.45) is 4.37. The van der Waals surface area contributed by atoms with Gasteiger partial charge in [-0.1, -0.05) is 19.1 Å². The molecule has 3 heteroatoms. The van der Waals surface area contributed by atoms with Gasteiger partial charge in [0.1, 0.15) is 0 Å². The Labute approximate surface area is 114 Å². The first-order valence-corrected chi connectivity index (χ1v) is 7.75. The number of thioether (sulfide) groups is 1. The van der Waals surface area contributed by atoms with E-state index in [1.807, 2.05) is 11.8 Å². The van der Waals surface area contributed by atoms with Crippen LogP contribution in [-0.4, -0.2) is 24.5 Å². The molecule has 0 radical (unpaired) electrons. The number of rotatable bonds is 5. The van der Waals surface area contributed by atoms with Gasteiger partial charge >= 0.3 is 0 Å². The predicted molar refractivity (Wildman–Crippen MR) is 78.1 cm³/mol. The first-order valence-electron chi connectivity index (χ1n) is 6.87. The average molecular weight is 265 g/mol. The highest BCUT2D eigenvalue weighted by atomic mass is 32.2. The monoisotopic (exact) mass is 265 g/mol. The van der Waals surface area contributed by atoms with Crippen LogP contribution < -0.4 is 5.73 Å². The van der Waals surface area contributed by atoms with Gasteiger partial charge in [0.15, 0.2) is 0 Å². The second kappa shape index (κ2) is 7.17. The zero-order valence-electron chi connectivity index (χ0n) is 11.1. The van der Waals surface area contributed by atoms with E-state index < -0.39 is 0 Å². The van der Waals surface area contributed by atoms with E-state index in [-0.39, 0.29) is 0 Å². The summed E-state index contributed by atoms with van der Waals surface area (Å²) in [6, 6.07) is 9.20. The van der Waals surface area contributed by atoms with E-state index in [2.05, 4.69) is 31.2 Å². The van der Waals surface area contributed by atoms with Crippen LogP contribution in [0.3, 0.4) is 0 Å². The lowest BCUT2D eigenvalue weighted by atomic mass is 10.1. The molecule has 1 aromatic carbocycles. The van der Waals surface area contributed by atoms with Crippen molar-refractivity contribution in [3.05, 3.63) is 29.8 Å². The van der Waals surface area contributed by atoms with Crippen LogP contribution in [0.15, 0.2) is 29.2 Å². The molecule has 0 bridgehead atoms. The van der Waals surface area contributed by atoms with Gasteiger partial charge < -0.3 is 10.5 Å². The molecule has 1 fully saturated rings. The van der Waals surface area contributed by atoms with Crippen molar-refractivity contribution in [1.82, 2.24) is 0 Å². The molecule has 0 amide bonds. The lowest BCUT2D eigenvalue weighted by Crippen LogP contribution is -2.21. The molecule has 1 saturated heterocycles. The van der Waals surface area contributed by atoms with Gasteiger partial charge in [0.2, 0.25) is 0 Å². The van der Waals surface area contributed by atoms with E-state index in [9.17, 15) is 0 Å². The van der Waals surface area contributed by atoms with Crippen molar-refractivity contribution in [2.45, 2.75) is 48.8 Å². The lowest BCUT2D eigenvalue weighted by Gasteiger charge is -2.21. The number of ether oxygens (including phenoxy) is 1. The smallest absolute Gasteiger partial charge is 0.0476 e. The Balaban J connectivity index is 1.86. The number of nitrogens with two attached hydrogens (primary N) is 1. The van der Waals surface area contributed by atoms with Gasteiger partial charge in [-0.3, -0.25) is 0 Å². The minimum Gasteiger partial charge on any atom is -0.381 e. The van der Waals surface area contributed by atoms with Gasteiger partial charge in [0, 0.05) is 29.4 Å². The standard InChI is InChI=1S/C15H23NOS/c1-2-13(16)11-12-3-5-14(6-4-12)18-15-7-9-17-10-8-15/h3-6,13,15H,2,7-11,16H2,1H3. The highest BCUT2D eigenvalue weighted by Crippen LogP contribution is 2.29. The Bertz CT molecular complexity index is 346. The summed E-state index contributed by atoms with van der Waals surface area (Å²) in [6.45, 7) is 3.97. The SMILES string of the molecule is CCC(N)Cc1ccc(SC2CCOCC2)cc1. The highest BCUT2D eigenvalue weighted by molar-refractivity contribution is 8.00. The van der Waals surface area contributed by atoms with Crippen LogP contribution in [0.5, 0.6) is 0 Å². The number of benzene rings is 1. The van der Waals surface area contributed by atoms with Gasteiger partial charge in [0.05, 0.1) is 0 Å². The fraction of sp³-hybridized carbons (Fsp3) is 0.600. The molecule has 1 aromatic rings. The summed E-state index contributed by atoms with van der Waals surface area (Å²) in [5.74, 6) is 0. The van der Waals surface area contributed by atoms with E-state index in [0.29, 0.717) is 6.04 Å². The summed E-state index contributed by atoms with van der Waals surface area (Å²) < 4.78 is 5.39. The van der Waals surface area contributed by atoms with Gasteiger partial charge in [-0.2, -0.15) is 0 Å². The zero-order valence-corrected chi connectivity index (χ0v) is 11.9. The molecule has 2 rings (SSSR count). The molecule has 1 aliphatic rings. The van der Waals surface area contributed by atoms with Gasteiger partial charge in [-0.05, 0) is 43.4 Å². The molecule has 18 heavy (non-hydrogen) atoms. The van der Waals surface area contributed by atoms with Crippen LogP contribution in [-0.2, 0) is 11.2 Å². The molecular weight excluding hydrogens is 242 g/mol. The van der Waals surface area contributed by atoms with Crippen LogP contribution in [0.1, 0.15) is 31.7 Å². The number of hydrogen-bond acceptors (Lipinski definition) is 3. The van der Waals surface area contributed by atoms with Crippen molar-refractivity contribution in [2.24, 2.45) is 5.73 Å². The third-order valence-electron chi connectivity index (χ3n) is 3.42. The first-order chi connectivity index (χ1) is 8.78. The fourth-order valence-corrected chi connectivity index (χ4v) is 3.24. The predicted octanol–water partition coefficient (Wildman–Crippen LogP) is 3.24. The summed E-state index contributed by atoms with van der Waals surface area (Å²) in [4.78, 5) is 1.37. The van der Waals surface area contributed by atoms with Crippen LogP contribution in [0.25, 0.3) is 0 Å². The Morgan fingerprint density at radius 1 is 1.28 bits per heavy atom. The maximum absolute atomic E-state index is 5.97. The molecule has 100 valence electrons. The van der Waals surface area contributed by atoms with Crippen LogP contribution in [0.4, 0.5) is 0 Å². The normalized spacial score (nSPS) is 18.8. The third-order valence-corrected chi connectivity index (χ3v) is 4.77. The van der Waals surface area contributed by atoms with Crippen molar-refractivity contribution < 1.29 is 4.74 Å². The van der Waals surface area contributed by atoms with Crippen molar-refractivity contribution in [3.8, 4) is 0 Å². The Morgan fingerprint density at radius 3 is 2.56 bits per heavy atom. The number of hydrogen-bond donors (Lipinski definition) is 1. The summed E-state index contributed by atoms with van der Waals surface area (Å²) in [5.41, 5.74) is 7.32. The summed E-state index contributed by atoms with van der Waals surface area (Å²) in [7, 11) is 0. The Kier molecular flexibility index (Phi) is 5.54. The molecule has 0 aliphatic carbocycles. The van der Waals surface area contributed by atoms with Crippen molar-refractivity contribution in [3.63, 3.8) is 0 Å². The lowest BCUT2D eigenvalue weighted by molar-refractivity contribution is 0.100. The molecule has 0 saturated carbocycles.